The summed E-state index contributed by atoms with van der Waals surface area (Å²) in [4.78, 5) is 12.2. The third kappa shape index (κ3) is 3.38. The van der Waals surface area contributed by atoms with Crippen LogP contribution in [0.25, 0.3) is 11.1 Å². The van der Waals surface area contributed by atoms with Crippen LogP contribution in [0.15, 0.2) is 48.5 Å². The predicted octanol–water partition coefficient (Wildman–Crippen LogP) is 5.62. The van der Waals surface area contributed by atoms with Crippen molar-refractivity contribution in [1.29, 1.82) is 0 Å². The first-order valence-electron chi connectivity index (χ1n) is 7.33. The molecule has 2 rings (SSSR count). The Balaban J connectivity index is 2.61. The van der Waals surface area contributed by atoms with Crippen LogP contribution in [0.3, 0.4) is 0 Å². The zero-order chi connectivity index (χ0) is 15.4. The van der Waals surface area contributed by atoms with Crippen molar-refractivity contribution >= 4 is 16.9 Å². The van der Waals surface area contributed by atoms with Gasteiger partial charge in [0.25, 0.3) is 0 Å². The van der Waals surface area contributed by atoms with Gasteiger partial charge in [0.15, 0.2) is 0 Å². The average Bonchev–Trinajstić information content (AvgIpc) is 2.53. The van der Waals surface area contributed by atoms with Crippen molar-refractivity contribution < 1.29 is 4.79 Å². The van der Waals surface area contributed by atoms with E-state index in [0.717, 1.165) is 11.1 Å². The van der Waals surface area contributed by atoms with Crippen LogP contribution in [0.1, 0.15) is 42.6 Å². The predicted molar refractivity (Wildman–Crippen MR) is 93.0 cm³/mol. The molecule has 2 aromatic rings. The van der Waals surface area contributed by atoms with Gasteiger partial charge in [0.1, 0.15) is 0 Å². The van der Waals surface area contributed by atoms with Gasteiger partial charge < -0.3 is 0 Å². The highest BCUT2D eigenvalue weighted by atomic mass is 32.2. The normalized spacial score (nSPS) is 12.4. The molecule has 0 bridgehead atoms. The van der Waals surface area contributed by atoms with Gasteiger partial charge in [-0.05, 0) is 40.8 Å². The number of benzene rings is 2. The number of rotatable bonds is 4. The Morgan fingerprint density at radius 2 is 1.48 bits per heavy atom. The van der Waals surface area contributed by atoms with Gasteiger partial charge in [0, 0.05) is 5.56 Å². The Labute approximate surface area is 131 Å². The fourth-order valence-electron chi connectivity index (χ4n) is 2.50. The summed E-state index contributed by atoms with van der Waals surface area (Å²) < 4.78 is 0. The standard InChI is InChI=1S/C19H22OS/c1-13(2)14(3)15-9-5-6-10-16(15)17-11-7-8-12-18(17)19(20)21-4/h5-14H,1-4H3. The SMILES string of the molecule is CSC(=O)c1ccccc1-c1ccccc1C(C)C(C)C. The average molecular weight is 298 g/mol. The van der Waals surface area contributed by atoms with Crippen LogP contribution in [0.4, 0.5) is 0 Å². The third-order valence-corrected chi connectivity index (χ3v) is 4.66. The Kier molecular flexibility index (Phi) is 5.24. The summed E-state index contributed by atoms with van der Waals surface area (Å²) in [6.07, 6.45) is 1.84. The summed E-state index contributed by atoms with van der Waals surface area (Å²) in [5.41, 5.74) is 4.33. The highest BCUT2D eigenvalue weighted by Crippen LogP contribution is 2.35. The summed E-state index contributed by atoms with van der Waals surface area (Å²) in [7, 11) is 0. The topological polar surface area (TPSA) is 17.1 Å². The number of thioether (sulfide) groups is 1. The molecule has 0 fully saturated rings. The summed E-state index contributed by atoms with van der Waals surface area (Å²) in [6, 6.07) is 16.3. The quantitative estimate of drug-likeness (QED) is 0.729. The van der Waals surface area contributed by atoms with Crippen molar-refractivity contribution in [2.45, 2.75) is 26.7 Å². The van der Waals surface area contributed by atoms with E-state index in [4.69, 9.17) is 0 Å². The lowest BCUT2D eigenvalue weighted by Gasteiger charge is -2.21. The van der Waals surface area contributed by atoms with Gasteiger partial charge in [0.2, 0.25) is 5.12 Å². The van der Waals surface area contributed by atoms with Gasteiger partial charge in [-0.25, -0.2) is 0 Å². The van der Waals surface area contributed by atoms with E-state index in [1.54, 1.807) is 0 Å². The van der Waals surface area contributed by atoms with Crippen LogP contribution >= 0.6 is 11.8 Å². The van der Waals surface area contributed by atoms with Gasteiger partial charge in [-0.2, -0.15) is 0 Å². The smallest absolute Gasteiger partial charge is 0.219 e. The number of carbonyl (C=O) groups is 1. The van der Waals surface area contributed by atoms with E-state index in [1.165, 1.54) is 22.9 Å². The van der Waals surface area contributed by atoms with Crippen LogP contribution in [0.5, 0.6) is 0 Å². The summed E-state index contributed by atoms with van der Waals surface area (Å²) in [6.45, 7) is 6.73. The minimum absolute atomic E-state index is 0.123. The molecular formula is C19H22OS. The summed E-state index contributed by atoms with van der Waals surface area (Å²) in [5, 5.41) is 0.123. The fourth-order valence-corrected chi connectivity index (χ4v) is 2.90. The highest BCUT2D eigenvalue weighted by molar-refractivity contribution is 8.13. The van der Waals surface area contributed by atoms with Gasteiger partial charge in [-0.3, -0.25) is 4.79 Å². The summed E-state index contributed by atoms with van der Waals surface area (Å²) in [5.74, 6) is 1.02. The van der Waals surface area contributed by atoms with E-state index >= 15 is 0 Å². The van der Waals surface area contributed by atoms with E-state index in [2.05, 4.69) is 45.0 Å². The molecule has 0 radical (unpaired) electrons. The lowest BCUT2D eigenvalue weighted by molar-refractivity contribution is 0.109. The van der Waals surface area contributed by atoms with Crippen molar-refractivity contribution in [3.05, 3.63) is 59.7 Å². The second kappa shape index (κ2) is 6.95. The van der Waals surface area contributed by atoms with E-state index in [0.29, 0.717) is 11.8 Å². The maximum Gasteiger partial charge on any atom is 0.219 e. The van der Waals surface area contributed by atoms with Crippen molar-refractivity contribution in [3.8, 4) is 11.1 Å². The van der Waals surface area contributed by atoms with Crippen LogP contribution < -0.4 is 0 Å². The van der Waals surface area contributed by atoms with Gasteiger partial charge in [0.05, 0.1) is 0 Å². The van der Waals surface area contributed by atoms with Crippen molar-refractivity contribution in [2.75, 3.05) is 6.26 Å². The second-order valence-electron chi connectivity index (χ2n) is 5.66. The zero-order valence-electron chi connectivity index (χ0n) is 13.1. The molecule has 0 saturated carbocycles. The van der Waals surface area contributed by atoms with Crippen LogP contribution in [-0.4, -0.2) is 11.4 Å². The van der Waals surface area contributed by atoms with Crippen molar-refractivity contribution in [1.82, 2.24) is 0 Å². The molecule has 1 unspecified atom stereocenters. The molecular weight excluding hydrogens is 276 g/mol. The first kappa shape index (κ1) is 15.8. The van der Waals surface area contributed by atoms with Crippen LogP contribution in [0, 0.1) is 5.92 Å². The van der Waals surface area contributed by atoms with Gasteiger partial charge in [-0.1, -0.05) is 75.0 Å². The largest absolute Gasteiger partial charge is 0.282 e. The number of hydrogen-bond donors (Lipinski definition) is 0. The first-order chi connectivity index (χ1) is 10.1. The molecule has 0 aliphatic carbocycles. The first-order valence-corrected chi connectivity index (χ1v) is 8.55. The second-order valence-corrected chi connectivity index (χ2v) is 6.44. The van der Waals surface area contributed by atoms with Crippen LogP contribution in [0.2, 0.25) is 0 Å². The van der Waals surface area contributed by atoms with Gasteiger partial charge >= 0.3 is 0 Å². The third-order valence-electron chi connectivity index (χ3n) is 4.07. The molecule has 0 spiro atoms. The number of carbonyl (C=O) groups excluding carboxylic acids is 1. The van der Waals surface area contributed by atoms with E-state index < -0.39 is 0 Å². The molecule has 1 nitrogen and oxygen atoms in total. The van der Waals surface area contributed by atoms with E-state index in [9.17, 15) is 4.79 Å². The monoisotopic (exact) mass is 298 g/mol. The minimum Gasteiger partial charge on any atom is -0.282 e. The molecule has 0 heterocycles. The van der Waals surface area contributed by atoms with Gasteiger partial charge in [-0.15, -0.1) is 0 Å². The molecule has 0 N–H and O–H groups in total. The molecule has 0 aliphatic rings. The highest BCUT2D eigenvalue weighted by Gasteiger charge is 2.18. The maximum atomic E-state index is 12.2. The zero-order valence-corrected chi connectivity index (χ0v) is 13.9. The van der Waals surface area contributed by atoms with Crippen molar-refractivity contribution in [3.63, 3.8) is 0 Å². The Morgan fingerprint density at radius 1 is 0.905 bits per heavy atom. The maximum absolute atomic E-state index is 12.2. The molecule has 21 heavy (non-hydrogen) atoms. The molecule has 1 atom stereocenters. The molecule has 0 aromatic heterocycles. The van der Waals surface area contributed by atoms with Crippen LogP contribution in [-0.2, 0) is 0 Å². The molecule has 2 heteroatoms. The van der Waals surface area contributed by atoms with E-state index in [-0.39, 0.29) is 5.12 Å². The summed E-state index contributed by atoms with van der Waals surface area (Å²) >= 11 is 1.27. The lowest BCUT2D eigenvalue weighted by atomic mass is 9.84. The Bertz CT molecular complexity index is 631. The van der Waals surface area contributed by atoms with E-state index in [1.807, 2.05) is 30.5 Å². The number of hydrogen-bond acceptors (Lipinski definition) is 2. The molecule has 0 amide bonds. The Morgan fingerprint density at radius 3 is 2.10 bits per heavy atom. The fraction of sp³-hybridized carbons (Fsp3) is 0.316. The molecule has 110 valence electrons. The Hall–Kier alpha value is -1.54. The minimum atomic E-state index is 0.123. The lowest BCUT2D eigenvalue weighted by Crippen LogP contribution is -2.05. The molecule has 0 saturated heterocycles. The van der Waals surface area contributed by atoms with Crippen molar-refractivity contribution in [2.24, 2.45) is 5.92 Å². The molecule has 0 aliphatic heterocycles. The molecule has 2 aromatic carbocycles.